The molecule has 0 unspecified atom stereocenters. The molecule has 3 N–H and O–H groups in total. The van der Waals surface area contributed by atoms with Crippen LogP contribution in [-0.2, 0) is 0 Å². The molecule has 2 rings (SSSR count). The molecule has 1 aromatic carbocycles. The Labute approximate surface area is 106 Å². The Kier molecular flexibility index (Phi) is 3.49. The SMILES string of the molecule is O=C(Nc1cnns1)Nc1ccccc1C(=O)O. The van der Waals surface area contributed by atoms with E-state index in [1.54, 1.807) is 12.1 Å². The van der Waals surface area contributed by atoms with Crippen LogP contribution in [0.2, 0.25) is 0 Å². The van der Waals surface area contributed by atoms with Crippen molar-refractivity contribution in [1.82, 2.24) is 9.59 Å². The Morgan fingerprint density at radius 1 is 1.22 bits per heavy atom. The number of hydrogen-bond acceptors (Lipinski definition) is 5. The zero-order valence-electron chi connectivity index (χ0n) is 8.95. The van der Waals surface area contributed by atoms with Crippen molar-refractivity contribution < 1.29 is 14.7 Å². The van der Waals surface area contributed by atoms with Crippen molar-refractivity contribution in [3.63, 3.8) is 0 Å². The Morgan fingerprint density at radius 3 is 2.67 bits per heavy atom. The molecule has 0 atom stereocenters. The summed E-state index contributed by atoms with van der Waals surface area (Å²) in [5, 5.41) is 17.9. The first-order valence-electron chi connectivity index (χ1n) is 4.84. The lowest BCUT2D eigenvalue weighted by atomic mass is 10.2. The van der Waals surface area contributed by atoms with Gasteiger partial charge in [0.15, 0.2) is 0 Å². The van der Waals surface area contributed by atoms with Crippen LogP contribution in [0.4, 0.5) is 15.5 Å². The van der Waals surface area contributed by atoms with Crippen LogP contribution < -0.4 is 10.6 Å². The summed E-state index contributed by atoms with van der Waals surface area (Å²) in [5.74, 6) is -1.11. The monoisotopic (exact) mass is 264 g/mol. The van der Waals surface area contributed by atoms with Crippen LogP contribution in [0.25, 0.3) is 0 Å². The van der Waals surface area contributed by atoms with Crippen molar-refractivity contribution in [1.29, 1.82) is 0 Å². The van der Waals surface area contributed by atoms with E-state index < -0.39 is 12.0 Å². The molecule has 0 radical (unpaired) electrons. The second-order valence-electron chi connectivity index (χ2n) is 3.21. The molecule has 0 fully saturated rings. The molecule has 1 heterocycles. The molecule has 0 aliphatic heterocycles. The average Bonchev–Trinajstić information content (AvgIpc) is 2.82. The fourth-order valence-corrected chi connectivity index (χ4v) is 1.68. The third-order valence-electron chi connectivity index (χ3n) is 2.00. The van der Waals surface area contributed by atoms with Crippen LogP contribution >= 0.6 is 11.5 Å². The molecule has 2 aromatic rings. The van der Waals surface area contributed by atoms with Gasteiger partial charge in [-0.2, -0.15) is 0 Å². The molecule has 0 bridgehead atoms. The van der Waals surface area contributed by atoms with Crippen molar-refractivity contribution >= 4 is 34.2 Å². The number of carboxylic acid groups (broad SMARTS) is 1. The van der Waals surface area contributed by atoms with Crippen molar-refractivity contribution in [2.75, 3.05) is 10.6 Å². The Hall–Kier alpha value is -2.48. The summed E-state index contributed by atoms with van der Waals surface area (Å²) in [6, 6.07) is 5.59. The highest BCUT2D eigenvalue weighted by Crippen LogP contribution is 2.16. The molecular formula is C10H8N4O3S. The molecule has 7 nitrogen and oxygen atoms in total. The topological polar surface area (TPSA) is 104 Å². The van der Waals surface area contributed by atoms with Crippen molar-refractivity contribution in [2.45, 2.75) is 0 Å². The Bertz CT molecular complexity index is 570. The van der Waals surface area contributed by atoms with Gasteiger partial charge in [-0.05, 0) is 12.1 Å². The summed E-state index contributed by atoms with van der Waals surface area (Å²) in [7, 11) is 0. The fourth-order valence-electron chi connectivity index (χ4n) is 1.27. The number of carbonyl (C=O) groups excluding carboxylic acids is 1. The summed E-state index contributed by atoms with van der Waals surface area (Å²) < 4.78 is 3.58. The standard InChI is InChI=1S/C10H8N4O3S/c15-9(16)6-3-1-2-4-7(6)12-10(17)13-8-5-11-14-18-8/h1-5H,(H,15,16)(H2,12,13,17). The number of benzene rings is 1. The molecule has 0 aliphatic rings. The third kappa shape index (κ3) is 2.80. The van der Waals surface area contributed by atoms with Gasteiger partial charge in [-0.1, -0.05) is 16.6 Å². The van der Waals surface area contributed by atoms with Gasteiger partial charge in [0.05, 0.1) is 17.4 Å². The second-order valence-corrected chi connectivity index (χ2v) is 4.00. The summed E-state index contributed by atoms with van der Waals surface area (Å²) in [6.45, 7) is 0. The first-order valence-corrected chi connectivity index (χ1v) is 5.62. The van der Waals surface area contributed by atoms with Gasteiger partial charge in [0.25, 0.3) is 0 Å². The van der Waals surface area contributed by atoms with Gasteiger partial charge in [0.1, 0.15) is 5.00 Å². The number of rotatable bonds is 3. The highest BCUT2D eigenvalue weighted by molar-refractivity contribution is 7.10. The lowest BCUT2D eigenvalue weighted by molar-refractivity contribution is 0.0698. The first-order chi connectivity index (χ1) is 8.66. The van der Waals surface area contributed by atoms with E-state index >= 15 is 0 Å². The fraction of sp³-hybridized carbons (Fsp3) is 0. The number of hydrogen-bond donors (Lipinski definition) is 3. The van der Waals surface area contributed by atoms with Gasteiger partial charge < -0.3 is 10.4 Å². The largest absolute Gasteiger partial charge is 0.478 e. The maximum absolute atomic E-state index is 11.6. The van der Waals surface area contributed by atoms with E-state index in [0.717, 1.165) is 11.5 Å². The van der Waals surface area contributed by atoms with E-state index in [1.807, 2.05) is 0 Å². The molecule has 92 valence electrons. The Balaban J connectivity index is 2.09. The molecule has 0 saturated carbocycles. The summed E-state index contributed by atoms with van der Waals surface area (Å²) in [5.41, 5.74) is 0.245. The molecule has 2 amide bonds. The normalized spacial score (nSPS) is 9.78. The number of aromatic carboxylic acids is 1. The van der Waals surface area contributed by atoms with Crippen LogP contribution in [-0.4, -0.2) is 26.7 Å². The van der Waals surface area contributed by atoms with Gasteiger partial charge in [0, 0.05) is 11.5 Å². The predicted molar refractivity (Wildman–Crippen MR) is 66.0 cm³/mol. The Morgan fingerprint density at radius 2 is 2.00 bits per heavy atom. The number of carboxylic acids is 1. The van der Waals surface area contributed by atoms with Gasteiger partial charge in [-0.3, -0.25) is 5.32 Å². The van der Waals surface area contributed by atoms with Crippen LogP contribution in [0.3, 0.4) is 0 Å². The molecule has 0 aliphatic carbocycles. The molecule has 0 spiro atoms. The van der Waals surface area contributed by atoms with E-state index in [-0.39, 0.29) is 11.3 Å². The molecule has 1 aromatic heterocycles. The van der Waals surface area contributed by atoms with Crippen molar-refractivity contribution in [3.8, 4) is 0 Å². The number of aromatic nitrogens is 2. The maximum Gasteiger partial charge on any atom is 0.337 e. The second kappa shape index (κ2) is 5.23. The molecule has 8 heteroatoms. The lowest BCUT2D eigenvalue weighted by Crippen LogP contribution is -2.20. The van der Waals surface area contributed by atoms with Gasteiger partial charge in [-0.15, -0.1) is 5.10 Å². The minimum Gasteiger partial charge on any atom is -0.478 e. The average molecular weight is 264 g/mol. The van der Waals surface area contributed by atoms with Crippen LogP contribution in [0.5, 0.6) is 0 Å². The predicted octanol–water partition coefficient (Wildman–Crippen LogP) is 1.88. The van der Waals surface area contributed by atoms with Gasteiger partial charge in [-0.25, -0.2) is 9.59 Å². The maximum atomic E-state index is 11.6. The van der Waals surface area contributed by atoms with Crippen molar-refractivity contribution in [3.05, 3.63) is 36.0 Å². The van der Waals surface area contributed by atoms with Gasteiger partial charge >= 0.3 is 12.0 Å². The highest BCUT2D eigenvalue weighted by atomic mass is 32.1. The van der Waals surface area contributed by atoms with Crippen LogP contribution in [0.15, 0.2) is 30.5 Å². The zero-order valence-corrected chi connectivity index (χ0v) is 9.77. The number of carbonyl (C=O) groups is 2. The van der Waals surface area contributed by atoms with E-state index in [4.69, 9.17) is 5.11 Å². The molecule has 0 saturated heterocycles. The third-order valence-corrected chi connectivity index (χ3v) is 2.58. The summed E-state index contributed by atoms with van der Waals surface area (Å²) >= 11 is 1.02. The van der Waals surface area contributed by atoms with Crippen molar-refractivity contribution in [2.24, 2.45) is 0 Å². The van der Waals surface area contributed by atoms with Crippen LogP contribution in [0, 0.1) is 0 Å². The quantitative estimate of drug-likeness (QED) is 0.785. The number of nitrogens with one attached hydrogen (secondary N) is 2. The van der Waals surface area contributed by atoms with E-state index in [9.17, 15) is 9.59 Å². The summed E-state index contributed by atoms with van der Waals surface area (Å²) in [4.78, 5) is 22.5. The lowest BCUT2D eigenvalue weighted by Gasteiger charge is -2.07. The smallest absolute Gasteiger partial charge is 0.337 e. The van der Waals surface area contributed by atoms with Gasteiger partial charge in [0.2, 0.25) is 0 Å². The number of urea groups is 1. The zero-order chi connectivity index (χ0) is 13.0. The van der Waals surface area contributed by atoms with E-state index in [0.29, 0.717) is 5.00 Å². The first kappa shape index (κ1) is 12.0. The summed E-state index contributed by atoms with van der Waals surface area (Å²) in [6.07, 6.45) is 1.40. The minimum absolute atomic E-state index is 0.0232. The number of amides is 2. The van der Waals surface area contributed by atoms with Crippen LogP contribution in [0.1, 0.15) is 10.4 Å². The van der Waals surface area contributed by atoms with E-state index in [1.165, 1.54) is 18.3 Å². The van der Waals surface area contributed by atoms with E-state index in [2.05, 4.69) is 20.2 Å². The number of nitrogens with zero attached hydrogens (tertiary/aromatic N) is 2. The number of anilines is 2. The molecule has 18 heavy (non-hydrogen) atoms. The molecular weight excluding hydrogens is 256 g/mol. The minimum atomic E-state index is -1.11. The highest BCUT2D eigenvalue weighted by Gasteiger charge is 2.11. The number of para-hydroxylation sites is 1.